The molecule has 31 heavy (non-hydrogen) atoms. The molecule has 0 aliphatic carbocycles. The maximum atomic E-state index is 11.9. The number of sulfonamides is 1. The number of H-pyrrole nitrogens is 1. The fourth-order valence-electron chi connectivity index (χ4n) is 2.54. The second-order valence-electron chi connectivity index (χ2n) is 6.61. The van der Waals surface area contributed by atoms with Gasteiger partial charge in [-0.1, -0.05) is 44.0 Å². The van der Waals surface area contributed by atoms with Crippen molar-refractivity contribution >= 4 is 38.6 Å². The number of nitrogens with one attached hydrogen (secondary N) is 3. The number of fused-ring (bicyclic) bond motifs is 1. The standard InChI is InChI=1S/C13H20N2O3S.C8H5ClN2O/c1-3-5-10-14-13(16)15-19(17,18)12-8-6-11(4-2)7-9-12;9-5-1-2-7-6(3-5)8(12)11-4-10-7/h6-9H,3-5,10H2,1-2H3,(H2,14,15,16);1-4H,(H,10,11,12). The van der Waals surface area contributed by atoms with Crippen molar-refractivity contribution < 1.29 is 13.2 Å². The highest BCUT2D eigenvalue weighted by Gasteiger charge is 2.16. The van der Waals surface area contributed by atoms with Gasteiger partial charge in [0.15, 0.2) is 0 Å². The van der Waals surface area contributed by atoms with Crippen molar-refractivity contribution in [2.75, 3.05) is 6.54 Å². The van der Waals surface area contributed by atoms with Crippen LogP contribution in [0.2, 0.25) is 5.02 Å². The minimum atomic E-state index is -3.78. The molecule has 3 rings (SSSR count). The number of rotatable bonds is 6. The summed E-state index contributed by atoms with van der Waals surface area (Å²) in [5, 5.41) is 3.56. The fraction of sp³-hybridized carbons (Fsp3) is 0.286. The van der Waals surface area contributed by atoms with Crippen LogP contribution >= 0.6 is 11.6 Å². The summed E-state index contributed by atoms with van der Waals surface area (Å²) in [6.45, 7) is 4.45. The molecule has 8 nitrogen and oxygen atoms in total. The third-order valence-corrected chi connectivity index (χ3v) is 5.87. The Labute approximate surface area is 186 Å². The first-order valence-electron chi connectivity index (χ1n) is 9.79. The van der Waals surface area contributed by atoms with Crippen LogP contribution in [0.4, 0.5) is 4.79 Å². The van der Waals surface area contributed by atoms with Crippen molar-refractivity contribution in [3.8, 4) is 0 Å². The van der Waals surface area contributed by atoms with E-state index in [4.69, 9.17) is 11.6 Å². The molecular formula is C21H25ClN4O4S. The molecule has 0 radical (unpaired) electrons. The van der Waals surface area contributed by atoms with E-state index in [1.54, 1.807) is 30.3 Å². The van der Waals surface area contributed by atoms with Crippen LogP contribution in [0.5, 0.6) is 0 Å². The first-order chi connectivity index (χ1) is 14.8. The molecule has 0 saturated carbocycles. The zero-order valence-corrected chi connectivity index (χ0v) is 18.9. The molecule has 0 bridgehead atoms. The quantitative estimate of drug-likeness (QED) is 0.481. The van der Waals surface area contributed by atoms with Gasteiger partial charge in [-0.2, -0.15) is 0 Å². The van der Waals surface area contributed by atoms with Gasteiger partial charge in [0.25, 0.3) is 15.6 Å². The number of halogens is 1. The number of hydrogen-bond acceptors (Lipinski definition) is 5. The Morgan fingerprint density at radius 1 is 1.13 bits per heavy atom. The van der Waals surface area contributed by atoms with Crippen LogP contribution in [0.15, 0.2) is 58.5 Å². The number of benzene rings is 2. The van der Waals surface area contributed by atoms with E-state index >= 15 is 0 Å². The predicted octanol–water partition coefficient (Wildman–Crippen LogP) is 3.61. The largest absolute Gasteiger partial charge is 0.337 e. The van der Waals surface area contributed by atoms with Crippen molar-refractivity contribution in [2.45, 2.75) is 38.0 Å². The number of carbonyl (C=O) groups is 1. The molecule has 1 aromatic heterocycles. The molecule has 0 aliphatic heterocycles. The van der Waals surface area contributed by atoms with E-state index in [0.29, 0.717) is 22.5 Å². The smallest absolute Gasteiger partial charge is 0.328 e. The second-order valence-corrected chi connectivity index (χ2v) is 8.72. The Kier molecular flexibility index (Phi) is 9.02. The molecule has 3 N–H and O–H groups in total. The van der Waals surface area contributed by atoms with Gasteiger partial charge in [-0.25, -0.2) is 22.9 Å². The van der Waals surface area contributed by atoms with Crippen molar-refractivity contribution in [3.05, 3.63) is 69.7 Å². The van der Waals surface area contributed by atoms with E-state index < -0.39 is 16.1 Å². The highest BCUT2D eigenvalue weighted by Crippen LogP contribution is 2.13. The second kappa shape index (κ2) is 11.5. The summed E-state index contributed by atoms with van der Waals surface area (Å²) in [5.41, 5.74) is 1.54. The Morgan fingerprint density at radius 3 is 2.48 bits per heavy atom. The lowest BCUT2D eigenvalue weighted by Crippen LogP contribution is -2.39. The first kappa shape index (κ1) is 24.4. The van der Waals surface area contributed by atoms with Gasteiger partial charge in [0, 0.05) is 11.6 Å². The van der Waals surface area contributed by atoms with Crippen LogP contribution in [0, 0.1) is 0 Å². The van der Waals surface area contributed by atoms with Gasteiger partial charge in [-0.15, -0.1) is 0 Å². The van der Waals surface area contributed by atoms with E-state index in [1.807, 2.05) is 18.6 Å². The highest BCUT2D eigenvalue weighted by molar-refractivity contribution is 7.90. The lowest BCUT2D eigenvalue weighted by molar-refractivity contribution is 0.245. The molecule has 2 amide bonds. The zero-order valence-electron chi connectivity index (χ0n) is 17.3. The van der Waals surface area contributed by atoms with Gasteiger partial charge in [-0.05, 0) is 48.7 Å². The molecule has 0 saturated heterocycles. The number of aromatic nitrogens is 2. The lowest BCUT2D eigenvalue weighted by atomic mass is 10.2. The molecule has 10 heteroatoms. The minimum absolute atomic E-state index is 0.0929. The number of unbranched alkanes of at least 4 members (excludes halogenated alkanes) is 1. The molecule has 1 heterocycles. The van der Waals surface area contributed by atoms with Crippen molar-refractivity contribution in [1.82, 2.24) is 20.0 Å². The molecule has 0 aliphatic rings. The van der Waals surface area contributed by atoms with Crippen molar-refractivity contribution in [3.63, 3.8) is 0 Å². The van der Waals surface area contributed by atoms with Gasteiger partial charge in [0.1, 0.15) is 0 Å². The number of nitrogens with zero attached hydrogens (tertiary/aromatic N) is 1. The average Bonchev–Trinajstić information content (AvgIpc) is 2.75. The van der Waals surface area contributed by atoms with Gasteiger partial charge in [0.05, 0.1) is 22.1 Å². The number of carbonyl (C=O) groups excluding carboxylic acids is 1. The topological polar surface area (TPSA) is 121 Å². The molecule has 166 valence electrons. The number of amides is 2. The molecule has 0 unspecified atom stereocenters. The number of urea groups is 1. The normalized spacial score (nSPS) is 10.8. The summed E-state index contributed by atoms with van der Waals surface area (Å²) in [6, 6.07) is 10.8. The van der Waals surface area contributed by atoms with Crippen LogP contribution in [-0.2, 0) is 16.4 Å². The maximum Gasteiger partial charge on any atom is 0.328 e. The molecule has 0 spiro atoms. The third-order valence-electron chi connectivity index (χ3n) is 4.29. The first-order valence-corrected chi connectivity index (χ1v) is 11.7. The summed E-state index contributed by atoms with van der Waals surface area (Å²) < 4.78 is 25.8. The third kappa shape index (κ3) is 7.37. The van der Waals surface area contributed by atoms with Gasteiger partial charge in [0.2, 0.25) is 0 Å². The minimum Gasteiger partial charge on any atom is -0.337 e. The maximum absolute atomic E-state index is 11.9. The summed E-state index contributed by atoms with van der Waals surface area (Å²) in [7, 11) is -3.78. The van der Waals surface area contributed by atoms with Gasteiger partial charge < -0.3 is 10.3 Å². The summed E-state index contributed by atoms with van der Waals surface area (Å²) in [6.07, 6.45) is 3.97. The van der Waals surface area contributed by atoms with E-state index in [-0.39, 0.29) is 10.5 Å². The molecular weight excluding hydrogens is 440 g/mol. The average molecular weight is 465 g/mol. The van der Waals surface area contributed by atoms with Crippen LogP contribution in [-0.4, -0.2) is 31.0 Å². The van der Waals surface area contributed by atoms with Crippen LogP contribution in [0.25, 0.3) is 10.9 Å². The van der Waals surface area contributed by atoms with Gasteiger partial charge in [-0.3, -0.25) is 4.79 Å². The Morgan fingerprint density at radius 2 is 1.84 bits per heavy atom. The van der Waals surface area contributed by atoms with E-state index in [9.17, 15) is 18.0 Å². The number of aromatic amines is 1. The van der Waals surface area contributed by atoms with E-state index in [0.717, 1.165) is 24.8 Å². The molecule has 2 aromatic carbocycles. The van der Waals surface area contributed by atoms with Gasteiger partial charge >= 0.3 is 6.03 Å². The summed E-state index contributed by atoms with van der Waals surface area (Å²) in [5.74, 6) is 0. The van der Waals surface area contributed by atoms with Crippen LogP contribution in [0.1, 0.15) is 32.3 Å². The number of aryl methyl sites for hydroxylation is 1. The van der Waals surface area contributed by atoms with Crippen LogP contribution in [0.3, 0.4) is 0 Å². The highest BCUT2D eigenvalue weighted by atomic mass is 35.5. The Balaban J connectivity index is 0.000000242. The Bertz CT molecular complexity index is 1180. The zero-order chi connectivity index (χ0) is 22.9. The van der Waals surface area contributed by atoms with E-state index in [1.165, 1.54) is 18.5 Å². The summed E-state index contributed by atoms with van der Waals surface area (Å²) >= 11 is 5.71. The molecule has 3 aromatic rings. The monoisotopic (exact) mass is 464 g/mol. The molecule has 0 fully saturated rings. The van der Waals surface area contributed by atoms with Crippen molar-refractivity contribution in [2.24, 2.45) is 0 Å². The van der Waals surface area contributed by atoms with Crippen LogP contribution < -0.4 is 15.6 Å². The number of hydrogen-bond donors (Lipinski definition) is 3. The lowest BCUT2D eigenvalue weighted by Gasteiger charge is -2.08. The predicted molar refractivity (Wildman–Crippen MR) is 122 cm³/mol. The van der Waals surface area contributed by atoms with Crippen molar-refractivity contribution in [1.29, 1.82) is 0 Å². The van der Waals surface area contributed by atoms with E-state index in [2.05, 4.69) is 15.3 Å². The summed E-state index contributed by atoms with van der Waals surface area (Å²) in [4.78, 5) is 29.1. The SMILES string of the molecule is CCCCNC(=O)NS(=O)(=O)c1ccc(CC)cc1.O=c1[nH]cnc2ccc(Cl)cc12. The Hall–Kier alpha value is -2.91. The molecule has 0 atom stereocenters. The fourth-order valence-corrected chi connectivity index (χ4v) is 3.64.